The van der Waals surface area contributed by atoms with E-state index in [1.807, 2.05) is 18.2 Å². The average molecular weight is 385 g/mol. The Morgan fingerprint density at radius 3 is 2.71 bits per heavy atom. The van der Waals surface area contributed by atoms with Crippen LogP contribution in [-0.4, -0.2) is 66.9 Å². The molecule has 0 radical (unpaired) electrons. The molecule has 1 unspecified atom stereocenters. The SMILES string of the molecule is CCN(CC1CCCO1)C1CCN(c2nc(C)c3ccc(OC)cc3n2)CC1. The van der Waals surface area contributed by atoms with Gasteiger partial charge in [-0.1, -0.05) is 6.92 Å². The fourth-order valence-corrected chi connectivity index (χ4v) is 4.54. The normalized spacial score (nSPS) is 21.0. The number of aryl methyl sites for hydroxylation is 1. The highest BCUT2D eigenvalue weighted by molar-refractivity contribution is 5.83. The molecule has 2 fully saturated rings. The first-order chi connectivity index (χ1) is 13.7. The number of anilines is 1. The Kier molecular flexibility index (Phi) is 5.97. The molecule has 2 aliphatic heterocycles. The molecular weight excluding hydrogens is 352 g/mol. The lowest BCUT2D eigenvalue weighted by molar-refractivity contribution is 0.0539. The molecule has 28 heavy (non-hydrogen) atoms. The Morgan fingerprint density at radius 2 is 2.04 bits per heavy atom. The molecule has 0 spiro atoms. The van der Waals surface area contributed by atoms with Crippen molar-refractivity contribution in [3.05, 3.63) is 23.9 Å². The highest BCUT2D eigenvalue weighted by Gasteiger charge is 2.28. The number of likely N-dealkylation sites (N-methyl/N-ethyl adjacent to an activating group) is 1. The molecule has 0 amide bonds. The van der Waals surface area contributed by atoms with E-state index in [9.17, 15) is 0 Å². The molecular formula is C22H32N4O2. The molecule has 1 aromatic carbocycles. The van der Waals surface area contributed by atoms with Gasteiger partial charge in [0.05, 0.1) is 24.4 Å². The van der Waals surface area contributed by atoms with Crippen LogP contribution >= 0.6 is 0 Å². The zero-order chi connectivity index (χ0) is 19.5. The number of ether oxygens (including phenoxy) is 2. The van der Waals surface area contributed by atoms with E-state index in [4.69, 9.17) is 19.4 Å². The number of rotatable bonds is 6. The molecule has 2 aliphatic rings. The Morgan fingerprint density at radius 1 is 1.21 bits per heavy atom. The van der Waals surface area contributed by atoms with E-state index in [1.54, 1.807) is 7.11 Å². The summed E-state index contributed by atoms with van der Waals surface area (Å²) >= 11 is 0. The maximum Gasteiger partial charge on any atom is 0.226 e. The molecule has 6 nitrogen and oxygen atoms in total. The second kappa shape index (κ2) is 8.62. The van der Waals surface area contributed by atoms with Crippen molar-refractivity contribution in [3.63, 3.8) is 0 Å². The molecule has 2 aromatic rings. The van der Waals surface area contributed by atoms with E-state index in [0.29, 0.717) is 12.1 Å². The van der Waals surface area contributed by atoms with Gasteiger partial charge in [-0.3, -0.25) is 4.90 Å². The van der Waals surface area contributed by atoms with Gasteiger partial charge in [-0.2, -0.15) is 0 Å². The largest absolute Gasteiger partial charge is 0.497 e. The molecule has 0 saturated carbocycles. The van der Waals surface area contributed by atoms with Crippen LogP contribution in [0.1, 0.15) is 38.3 Å². The minimum absolute atomic E-state index is 0.430. The van der Waals surface area contributed by atoms with Crippen LogP contribution < -0.4 is 9.64 Å². The highest BCUT2D eigenvalue weighted by atomic mass is 16.5. The van der Waals surface area contributed by atoms with Crippen LogP contribution in [-0.2, 0) is 4.74 Å². The van der Waals surface area contributed by atoms with E-state index >= 15 is 0 Å². The predicted molar refractivity (Wildman–Crippen MR) is 112 cm³/mol. The third-order valence-electron chi connectivity index (χ3n) is 6.21. The fourth-order valence-electron chi connectivity index (χ4n) is 4.54. The molecule has 2 saturated heterocycles. The summed E-state index contributed by atoms with van der Waals surface area (Å²) in [5.41, 5.74) is 1.98. The van der Waals surface area contributed by atoms with Crippen molar-refractivity contribution >= 4 is 16.9 Å². The van der Waals surface area contributed by atoms with Crippen LogP contribution in [0.3, 0.4) is 0 Å². The van der Waals surface area contributed by atoms with Crippen LogP contribution in [0.2, 0.25) is 0 Å². The summed E-state index contributed by atoms with van der Waals surface area (Å²) in [6.45, 7) is 9.44. The van der Waals surface area contributed by atoms with Crippen LogP contribution in [0.25, 0.3) is 10.9 Å². The lowest BCUT2D eigenvalue weighted by Crippen LogP contribution is -2.47. The number of piperidine rings is 1. The van der Waals surface area contributed by atoms with Crippen molar-refractivity contribution in [2.24, 2.45) is 0 Å². The van der Waals surface area contributed by atoms with Crippen molar-refractivity contribution in [1.82, 2.24) is 14.9 Å². The number of hydrogen-bond donors (Lipinski definition) is 0. The zero-order valence-electron chi connectivity index (χ0n) is 17.4. The Balaban J connectivity index is 1.44. The predicted octanol–water partition coefficient (Wildman–Crippen LogP) is 3.42. The number of fused-ring (bicyclic) bond motifs is 1. The Hall–Kier alpha value is -1.92. The van der Waals surface area contributed by atoms with Crippen molar-refractivity contribution in [1.29, 1.82) is 0 Å². The molecule has 0 N–H and O–H groups in total. The minimum Gasteiger partial charge on any atom is -0.497 e. The van der Waals surface area contributed by atoms with E-state index in [1.165, 1.54) is 12.8 Å². The Labute approximate surface area is 167 Å². The van der Waals surface area contributed by atoms with Gasteiger partial charge >= 0.3 is 0 Å². The van der Waals surface area contributed by atoms with E-state index < -0.39 is 0 Å². The van der Waals surface area contributed by atoms with E-state index in [0.717, 1.165) is 73.9 Å². The van der Waals surface area contributed by atoms with Crippen molar-refractivity contribution in [3.8, 4) is 5.75 Å². The number of aromatic nitrogens is 2. The summed E-state index contributed by atoms with van der Waals surface area (Å²) in [5.74, 6) is 1.68. The van der Waals surface area contributed by atoms with Crippen molar-refractivity contribution < 1.29 is 9.47 Å². The summed E-state index contributed by atoms with van der Waals surface area (Å²) in [5, 5.41) is 1.09. The standard InChI is InChI=1S/C22H32N4O2/c1-4-25(15-19-6-5-13-28-19)17-9-11-26(12-10-17)22-23-16(2)20-8-7-18(27-3)14-21(20)24-22/h7-8,14,17,19H,4-6,9-13,15H2,1-3H3. The molecule has 152 valence electrons. The molecule has 0 aliphatic carbocycles. The maximum atomic E-state index is 5.86. The first kappa shape index (κ1) is 19.4. The fraction of sp³-hybridized carbons (Fsp3) is 0.636. The summed E-state index contributed by atoms with van der Waals surface area (Å²) in [7, 11) is 1.69. The molecule has 6 heteroatoms. The zero-order valence-corrected chi connectivity index (χ0v) is 17.4. The first-order valence-electron chi connectivity index (χ1n) is 10.6. The maximum absolute atomic E-state index is 5.86. The number of methoxy groups -OCH3 is 1. The number of hydrogen-bond acceptors (Lipinski definition) is 6. The summed E-state index contributed by atoms with van der Waals surface area (Å²) in [6.07, 6.45) is 5.16. The number of benzene rings is 1. The smallest absolute Gasteiger partial charge is 0.226 e. The van der Waals surface area contributed by atoms with E-state index in [-0.39, 0.29) is 0 Å². The van der Waals surface area contributed by atoms with Gasteiger partial charge in [-0.25, -0.2) is 9.97 Å². The van der Waals surface area contributed by atoms with Crippen LogP contribution in [0, 0.1) is 6.92 Å². The molecule has 1 aromatic heterocycles. The van der Waals surface area contributed by atoms with Crippen molar-refractivity contribution in [2.45, 2.75) is 51.7 Å². The second-order valence-corrected chi connectivity index (χ2v) is 7.93. The summed E-state index contributed by atoms with van der Waals surface area (Å²) < 4.78 is 11.2. The van der Waals surface area contributed by atoms with E-state index in [2.05, 4.69) is 23.6 Å². The minimum atomic E-state index is 0.430. The molecule has 4 rings (SSSR count). The topological polar surface area (TPSA) is 50.7 Å². The lowest BCUT2D eigenvalue weighted by Gasteiger charge is -2.39. The van der Waals surface area contributed by atoms with Crippen LogP contribution in [0.15, 0.2) is 18.2 Å². The van der Waals surface area contributed by atoms with Gasteiger partial charge in [0.15, 0.2) is 0 Å². The highest BCUT2D eigenvalue weighted by Crippen LogP contribution is 2.26. The van der Waals surface area contributed by atoms with Crippen LogP contribution in [0.5, 0.6) is 5.75 Å². The van der Waals surface area contributed by atoms with Gasteiger partial charge < -0.3 is 14.4 Å². The summed E-state index contributed by atoms with van der Waals surface area (Å²) in [4.78, 5) is 14.6. The van der Waals surface area contributed by atoms with Gasteiger partial charge in [0.2, 0.25) is 5.95 Å². The molecule has 0 bridgehead atoms. The molecule has 1 atom stereocenters. The monoisotopic (exact) mass is 384 g/mol. The van der Waals surface area contributed by atoms with Gasteiger partial charge in [0.1, 0.15) is 5.75 Å². The van der Waals surface area contributed by atoms with Gasteiger partial charge in [0, 0.05) is 43.7 Å². The third-order valence-corrected chi connectivity index (χ3v) is 6.21. The number of nitrogens with zero attached hydrogens (tertiary/aromatic N) is 4. The third kappa shape index (κ3) is 4.08. The average Bonchev–Trinajstić information content (AvgIpc) is 3.25. The van der Waals surface area contributed by atoms with Crippen molar-refractivity contribution in [2.75, 3.05) is 44.8 Å². The quantitative estimate of drug-likeness (QED) is 0.761. The van der Waals surface area contributed by atoms with Gasteiger partial charge in [-0.15, -0.1) is 0 Å². The van der Waals surface area contributed by atoms with Gasteiger partial charge in [0.25, 0.3) is 0 Å². The lowest BCUT2D eigenvalue weighted by atomic mass is 10.0. The first-order valence-corrected chi connectivity index (χ1v) is 10.6. The summed E-state index contributed by atoms with van der Waals surface area (Å²) in [6, 6.07) is 6.65. The van der Waals surface area contributed by atoms with Crippen LogP contribution in [0.4, 0.5) is 5.95 Å². The molecule has 3 heterocycles. The second-order valence-electron chi connectivity index (χ2n) is 7.93. The van der Waals surface area contributed by atoms with Gasteiger partial charge in [-0.05, 0) is 51.3 Å². The Bertz CT molecular complexity index is 798.